The minimum atomic E-state index is 0.0234. The summed E-state index contributed by atoms with van der Waals surface area (Å²) >= 11 is 0. The summed E-state index contributed by atoms with van der Waals surface area (Å²) < 4.78 is 10.7. The van der Waals surface area contributed by atoms with Crippen LogP contribution in [0.3, 0.4) is 0 Å². The van der Waals surface area contributed by atoms with E-state index in [2.05, 4.69) is 0 Å². The minimum absolute atomic E-state index is 0.0234. The fourth-order valence-corrected chi connectivity index (χ4v) is 2.30. The highest BCUT2D eigenvalue weighted by Gasteiger charge is 2.18. The molecule has 1 aliphatic rings. The van der Waals surface area contributed by atoms with Crippen LogP contribution in [0.15, 0.2) is 34.9 Å². The molecule has 1 aromatic carbocycles. The first-order valence-electron chi connectivity index (χ1n) is 6.16. The van der Waals surface area contributed by atoms with Crippen molar-refractivity contribution >= 4 is 5.78 Å². The summed E-state index contributed by atoms with van der Waals surface area (Å²) in [6, 6.07) is 7.36. The molecule has 0 spiro atoms. The quantitative estimate of drug-likeness (QED) is 0.777. The van der Waals surface area contributed by atoms with Gasteiger partial charge in [-0.25, -0.2) is 0 Å². The zero-order valence-electron chi connectivity index (χ0n) is 10.2. The fourth-order valence-electron chi connectivity index (χ4n) is 2.30. The van der Waals surface area contributed by atoms with E-state index in [0.717, 1.165) is 29.9 Å². The first-order valence-corrected chi connectivity index (χ1v) is 6.16. The van der Waals surface area contributed by atoms with Crippen LogP contribution in [-0.2, 0) is 12.8 Å². The summed E-state index contributed by atoms with van der Waals surface area (Å²) in [5.41, 5.74) is 2.48. The van der Waals surface area contributed by atoms with Crippen LogP contribution in [0.4, 0.5) is 0 Å². The minimum Gasteiger partial charge on any atom is -0.493 e. The molecule has 0 atom stereocenters. The molecule has 2 heterocycles. The maximum Gasteiger partial charge on any atom is 0.196 e. The summed E-state index contributed by atoms with van der Waals surface area (Å²) in [6.07, 6.45) is 3.17. The third-order valence-corrected chi connectivity index (χ3v) is 3.26. The Labute approximate surface area is 105 Å². The van der Waals surface area contributed by atoms with Crippen molar-refractivity contribution in [3.05, 3.63) is 53.0 Å². The van der Waals surface area contributed by atoms with E-state index >= 15 is 0 Å². The molecule has 3 nitrogen and oxygen atoms in total. The number of aryl methyl sites for hydroxylation is 1. The third kappa shape index (κ3) is 1.72. The average Bonchev–Trinajstić information content (AvgIpc) is 3.05. The van der Waals surface area contributed by atoms with Gasteiger partial charge in [-0.15, -0.1) is 0 Å². The monoisotopic (exact) mass is 242 g/mol. The molecule has 0 saturated carbocycles. The Morgan fingerprint density at radius 3 is 3.06 bits per heavy atom. The second kappa shape index (κ2) is 4.33. The van der Waals surface area contributed by atoms with Crippen LogP contribution in [0, 0.1) is 0 Å². The van der Waals surface area contributed by atoms with Crippen LogP contribution in [-0.4, -0.2) is 12.4 Å². The van der Waals surface area contributed by atoms with Crippen molar-refractivity contribution in [3.63, 3.8) is 0 Å². The first-order chi connectivity index (χ1) is 8.79. The number of hydrogen-bond donors (Lipinski definition) is 0. The number of fused-ring (bicyclic) bond motifs is 1. The van der Waals surface area contributed by atoms with Crippen molar-refractivity contribution in [1.82, 2.24) is 0 Å². The van der Waals surface area contributed by atoms with Crippen LogP contribution in [0.1, 0.15) is 34.2 Å². The highest BCUT2D eigenvalue weighted by Crippen LogP contribution is 2.27. The lowest BCUT2D eigenvalue weighted by molar-refractivity contribution is 0.103. The van der Waals surface area contributed by atoms with Gasteiger partial charge in [-0.05, 0) is 29.8 Å². The Bertz CT molecular complexity index is 596. The Hall–Kier alpha value is -2.03. The first kappa shape index (κ1) is 11.1. The summed E-state index contributed by atoms with van der Waals surface area (Å²) in [6.45, 7) is 2.69. The summed E-state index contributed by atoms with van der Waals surface area (Å²) in [5.74, 6) is 1.67. The van der Waals surface area contributed by atoms with Gasteiger partial charge in [0, 0.05) is 18.4 Å². The van der Waals surface area contributed by atoms with Crippen molar-refractivity contribution in [2.75, 3.05) is 6.61 Å². The van der Waals surface area contributed by atoms with Gasteiger partial charge in [0.05, 0.1) is 18.4 Å². The molecule has 0 amide bonds. The van der Waals surface area contributed by atoms with E-state index in [1.807, 2.05) is 25.1 Å². The largest absolute Gasteiger partial charge is 0.493 e. The van der Waals surface area contributed by atoms with E-state index in [1.54, 1.807) is 12.3 Å². The van der Waals surface area contributed by atoms with E-state index in [-0.39, 0.29) is 5.78 Å². The molecule has 1 aliphatic heterocycles. The van der Waals surface area contributed by atoms with E-state index in [1.165, 1.54) is 0 Å². The molecule has 18 heavy (non-hydrogen) atoms. The highest BCUT2D eigenvalue weighted by atomic mass is 16.5. The Kier molecular flexibility index (Phi) is 2.67. The predicted molar refractivity (Wildman–Crippen MR) is 67.2 cm³/mol. The molecule has 0 unspecified atom stereocenters. The molecule has 92 valence electrons. The van der Waals surface area contributed by atoms with Gasteiger partial charge < -0.3 is 9.15 Å². The number of ketones is 1. The smallest absolute Gasteiger partial charge is 0.196 e. The predicted octanol–water partition coefficient (Wildman–Crippen LogP) is 3.01. The third-order valence-electron chi connectivity index (χ3n) is 3.26. The van der Waals surface area contributed by atoms with Crippen molar-refractivity contribution < 1.29 is 13.9 Å². The topological polar surface area (TPSA) is 39.4 Å². The molecule has 0 aliphatic carbocycles. The van der Waals surface area contributed by atoms with Crippen LogP contribution in [0.25, 0.3) is 0 Å². The summed E-state index contributed by atoms with van der Waals surface area (Å²) in [4.78, 5) is 12.4. The van der Waals surface area contributed by atoms with Gasteiger partial charge in [0.1, 0.15) is 11.5 Å². The molecule has 0 fully saturated rings. The van der Waals surface area contributed by atoms with Crippen molar-refractivity contribution in [2.24, 2.45) is 0 Å². The molecule has 0 bridgehead atoms. The zero-order chi connectivity index (χ0) is 12.5. The molecule has 1 aromatic heterocycles. The number of carbonyl (C=O) groups excluding carboxylic acids is 1. The number of rotatable bonds is 3. The van der Waals surface area contributed by atoms with Crippen molar-refractivity contribution in [1.29, 1.82) is 0 Å². The van der Waals surface area contributed by atoms with Crippen LogP contribution in [0.5, 0.6) is 5.75 Å². The molecule has 0 saturated heterocycles. The molecular formula is C15H14O3. The highest BCUT2D eigenvalue weighted by molar-refractivity contribution is 6.09. The summed E-state index contributed by atoms with van der Waals surface area (Å²) in [5, 5.41) is 0. The second-order valence-corrected chi connectivity index (χ2v) is 4.36. The molecular weight excluding hydrogens is 228 g/mol. The van der Waals surface area contributed by atoms with Crippen molar-refractivity contribution in [3.8, 4) is 5.75 Å². The number of ether oxygens (including phenoxy) is 1. The van der Waals surface area contributed by atoms with E-state index < -0.39 is 0 Å². The summed E-state index contributed by atoms with van der Waals surface area (Å²) in [7, 11) is 0. The van der Waals surface area contributed by atoms with Gasteiger partial charge in [-0.1, -0.05) is 6.92 Å². The number of benzene rings is 1. The van der Waals surface area contributed by atoms with Crippen molar-refractivity contribution in [2.45, 2.75) is 19.8 Å². The normalized spacial score (nSPS) is 13.2. The lowest BCUT2D eigenvalue weighted by Crippen LogP contribution is -2.03. The fraction of sp³-hybridized carbons (Fsp3) is 0.267. The maximum absolute atomic E-state index is 12.4. The number of carbonyl (C=O) groups is 1. The molecule has 3 heteroatoms. The van der Waals surface area contributed by atoms with Crippen LogP contribution >= 0.6 is 0 Å². The number of furan rings is 1. The van der Waals surface area contributed by atoms with Gasteiger partial charge in [-0.2, -0.15) is 0 Å². The van der Waals surface area contributed by atoms with Crippen LogP contribution < -0.4 is 4.74 Å². The second-order valence-electron chi connectivity index (χ2n) is 4.36. The van der Waals surface area contributed by atoms with Crippen LogP contribution in [0.2, 0.25) is 0 Å². The lowest BCUT2D eigenvalue weighted by atomic mass is 10.00. The number of hydrogen-bond acceptors (Lipinski definition) is 3. The SMILES string of the molecule is CCc1occc1C(=O)c1ccc2c(c1)CCO2. The maximum atomic E-state index is 12.4. The Morgan fingerprint density at radius 2 is 2.22 bits per heavy atom. The lowest BCUT2D eigenvalue weighted by Gasteiger charge is -2.03. The van der Waals surface area contributed by atoms with E-state index in [9.17, 15) is 4.79 Å². The van der Waals surface area contributed by atoms with Gasteiger partial charge in [-0.3, -0.25) is 4.79 Å². The van der Waals surface area contributed by atoms with Gasteiger partial charge in [0.25, 0.3) is 0 Å². The van der Waals surface area contributed by atoms with Gasteiger partial charge in [0.2, 0.25) is 0 Å². The molecule has 0 N–H and O–H groups in total. The van der Waals surface area contributed by atoms with E-state index in [4.69, 9.17) is 9.15 Å². The van der Waals surface area contributed by atoms with Gasteiger partial charge >= 0.3 is 0 Å². The Balaban J connectivity index is 1.98. The Morgan fingerprint density at radius 1 is 1.33 bits per heavy atom. The molecule has 2 aromatic rings. The van der Waals surface area contributed by atoms with E-state index in [0.29, 0.717) is 17.7 Å². The molecule has 0 radical (unpaired) electrons. The average molecular weight is 242 g/mol. The standard InChI is InChI=1S/C15H14O3/c1-2-13-12(6-8-17-13)15(16)11-3-4-14-10(9-11)5-7-18-14/h3-4,6,8-9H,2,5,7H2,1H3. The van der Waals surface area contributed by atoms with Gasteiger partial charge in [0.15, 0.2) is 5.78 Å². The zero-order valence-corrected chi connectivity index (χ0v) is 10.2. The molecule has 3 rings (SSSR count).